The number of nitrogens with zero attached hydrogens (tertiary/aromatic N) is 3. The minimum absolute atomic E-state index is 0.0190. The molecule has 2 aliphatic rings. The highest BCUT2D eigenvalue weighted by atomic mass is 16.2. The molecule has 5 nitrogen and oxygen atoms in total. The van der Waals surface area contributed by atoms with Crippen molar-refractivity contribution < 1.29 is 4.79 Å². The zero-order valence-electron chi connectivity index (χ0n) is 11.8. The van der Waals surface area contributed by atoms with Gasteiger partial charge in [-0.1, -0.05) is 12.8 Å². The lowest BCUT2D eigenvalue weighted by Crippen LogP contribution is -2.52. The molecule has 1 saturated heterocycles. The van der Waals surface area contributed by atoms with Crippen LogP contribution in [0.5, 0.6) is 0 Å². The Balaban J connectivity index is 1.67. The Hall–Kier alpha value is -1.12. The summed E-state index contributed by atoms with van der Waals surface area (Å²) in [6, 6.07) is 2.66. The fraction of sp³-hybridized carbons (Fsp3) is 0.857. The maximum atomic E-state index is 11.9. The molecule has 106 valence electrons. The van der Waals surface area contributed by atoms with Crippen LogP contribution < -0.4 is 5.32 Å². The second-order valence-electron chi connectivity index (χ2n) is 5.67. The molecule has 19 heavy (non-hydrogen) atoms. The van der Waals surface area contributed by atoms with Crippen LogP contribution in [0.4, 0.5) is 0 Å². The third kappa shape index (κ3) is 4.19. The number of piperazine rings is 1. The van der Waals surface area contributed by atoms with Gasteiger partial charge in [0, 0.05) is 32.2 Å². The van der Waals surface area contributed by atoms with Crippen LogP contribution in [0.25, 0.3) is 0 Å². The van der Waals surface area contributed by atoms with Crippen LogP contribution in [-0.4, -0.2) is 60.5 Å². The number of rotatable bonds is 4. The summed E-state index contributed by atoms with van der Waals surface area (Å²) in [5, 5.41) is 12.0. The SMILES string of the molecule is CC(C#N)N1CCN(CC(=O)NC2CCCC2)CC1. The lowest BCUT2D eigenvalue weighted by atomic mass is 10.2. The summed E-state index contributed by atoms with van der Waals surface area (Å²) in [4.78, 5) is 16.3. The van der Waals surface area contributed by atoms with Gasteiger partial charge < -0.3 is 5.32 Å². The minimum Gasteiger partial charge on any atom is -0.352 e. The van der Waals surface area contributed by atoms with Gasteiger partial charge in [0.25, 0.3) is 0 Å². The van der Waals surface area contributed by atoms with Crippen molar-refractivity contribution in [1.29, 1.82) is 5.26 Å². The van der Waals surface area contributed by atoms with Crippen LogP contribution in [0.2, 0.25) is 0 Å². The molecule has 1 amide bonds. The molecule has 1 N–H and O–H groups in total. The maximum Gasteiger partial charge on any atom is 0.234 e. The second kappa shape index (κ2) is 6.88. The third-order valence-corrected chi connectivity index (χ3v) is 4.23. The summed E-state index contributed by atoms with van der Waals surface area (Å²) in [5.41, 5.74) is 0. The molecule has 1 atom stereocenters. The Morgan fingerprint density at radius 1 is 1.32 bits per heavy atom. The summed E-state index contributed by atoms with van der Waals surface area (Å²) in [6.07, 6.45) is 4.77. The Bertz CT molecular complexity index is 338. The molecule has 0 bridgehead atoms. The van der Waals surface area contributed by atoms with E-state index in [-0.39, 0.29) is 11.9 Å². The van der Waals surface area contributed by atoms with Gasteiger partial charge in [-0.25, -0.2) is 0 Å². The number of nitriles is 1. The number of hydrogen-bond donors (Lipinski definition) is 1. The molecule has 1 aliphatic heterocycles. The molecular formula is C14H24N4O. The summed E-state index contributed by atoms with van der Waals surface area (Å²) >= 11 is 0. The standard InChI is InChI=1S/C14H24N4O/c1-12(10-15)18-8-6-17(7-9-18)11-14(19)16-13-4-2-3-5-13/h12-13H,2-9,11H2,1H3,(H,16,19). The first-order valence-corrected chi connectivity index (χ1v) is 7.34. The molecule has 1 saturated carbocycles. The molecule has 1 unspecified atom stereocenters. The van der Waals surface area contributed by atoms with Crippen LogP contribution in [0.1, 0.15) is 32.6 Å². The molecule has 5 heteroatoms. The van der Waals surface area contributed by atoms with E-state index in [1.54, 1.807) is 0 Å². The first kappa shape index (κ1) is 14.3. The van der Waals surface area contributed by atoms with E-state index >= 15 is 0 Å². The zero-order valence-corrected chi connectivity index (χ0v) is 11.8. The lowest BCUT2D eigenvalue weighted by Gasteiger charge is -2.35. The Morgan fingerprint density at radius 2 is 1.95 bits per heavy atom. The fourth-order valence-electron chi connectivity index (χ4n) is 2.94. The van der Waals surface area contributed by atoms with E-state index in [1.807, 2.05) is 6.92 Å². The van der Waals surface area contributed by atoms with E-state index in [2.05, 4.69) is 21.2 Å². The third-order valence-electron chi connectivity index (χ3n) is 4.23. The fourth-order valence-corrected chi connectivity index (χ4v) is 2.94. The number of amides is 1. The lowest BCUT2D eigenvalue weighted by molar-refractivity contribution is -0.123. The van der Waals surface area contributed by atoms with E-state index in [1.165, 1.54) is 12.8 Å². The van der Waals surface area contributed by atoms with E-state index in [0.717, 1.165) is 39.0 Å². The van der Waals surface area contributed by atoms with E-state index < -0.39 is 0 Å². The van der Waals surface area contributed by atoms with Crippen LogP contribution in [0.15, 0.2) is 0 Å². The highest BCUT2D eigenvalue weighted by Crippen LogP contribution is 2.17. The number of carbonyl (C=O) groups excluding carboxylic acids is 1. The predicted molar refractivity (Wildman–Crippen MR) is 73.5 cm³/mol. The van der Waals surface area contributed by atoms with Crippen molar-refractivity contribution in [2.45, 2.75) is 44.7 Å². The molecule has 1 aliphatic carbocycles. The molecule has 2 rings (SSSR count). The van der Waals surface area contributed by atoms with Crippen molar-refractivity contribution >= 4 is 5.91 Å². The first-order chi connectivity index (χ1) is 9.19. The number of nitrogens with one attached hydrogen (secondary N) is 1. The number of hydrogen-bond acceptors (Lipinski definition) is 4. The van der Waals surface area contributed by atoms with Crippen LogP contribution >= 0.6 is 0 Å². The van der Waals surface area contributed by atoms with Crippen LogP contribution in [0, 0.1) is 11.3 Å². The van der Waals surface area contributed by atoms with Gasteiger partial charge in [0.15, 0.2) is 0 Å². The van der Waals surface area contributed by atoms with E-state index in [0.29, 0.717) is 12.6 Å². The van der Waals surface area contributed by atoms with Gasteiger partial charge in [-0.2, -0.15) is 5.26 Å². The van der Waals surface area contributed by atoms with Crippen molar-refractivity contribution in [1.82, 2.24) is 15.1 Å². The molecule has 2 fully saturated rings. The smallest absolute Gasteiger partial charge is 0.234 e. The van der Waals surface area contributed by atoms with E-state index in [9.17, 15) is 4.79 Å². The van der Waals surface area contributed by atoms with Gasteiger partial charge in [-0.05, 0) is 19.8 Å². The molecule has 0 spiro atoms. The minimum atomic E-state index is -0.0190. The first-order valence-electron chi connectivity index (χ1n) is 7.34. The molecule has 1 heterocycles. The summed E-state index contributed by atoms with van der Waals surface area (Å²) in [5.74, 6) is 0.161. The largest absolute Gasteiger partial charge is 0.352 e. The highest BCUT2D eigenvalue weighted by molar-refractivity contribution is 5.78. The van der Waals surface area contributed by atoms with Crippen molar-refractivity contribution in [3.05, 3.63) is 0 Å². The quantitative estimate of drug-likeness (QED) is 0.807. The average molecular weight is 264 g/mol. The normalized spacial score (nSPS) is 24.0. The Labute approximate surface area is 115 Å². The van der Waals surface area contributed by atoms with Gasteiger partial charge in [-0.15, -0.1) is 0 Å². The van der Waals surface area contributed by atoms with Crippen molar-refractivity contribution in [3.63, 3.8) is 0 Å². The Morgan fingerprint density at radius 3 is 2.53 bits per heavy atom. The van der Waals surface area contributed by atoms with Crippen molar-refractivity contribution in [3.8, 4) is 6.07 Å². The van der Waals surface area contributed by atoms with Gasteiger partial charge in [0.1, 0.15) is 0 Å². The van der Waals surface area contributed by atoms with Gasteiger partial charge >= 0.3 is 0 Å². The van der Waals surface area contributed by atoms with E-state index in [4.69, 9.17) is 5.26 Å². The zero-order chi connectivity index (χ0) is 13.7. The van der Waals surface area contributed by atoms with Crippen molar-refractivity contribution in [2.75, 3.05) is 32.7 Å². The molecule has 0 aromatic heterocycles. The Kier molecular flexibility index (Phi) is 5.17. The van der Waals surface area contributed by atoms with Gasteiger partial charge in [-0.3, -0.25) is 14.6 Å². The van der Waals surface area contributed by atoms with Crippen molar-refractivity contribution in [2.24, 2.45) is 0 Å². The topological polar surface area (TPSA) is 59.4 Å². The highest BCUT2D eigenvalue weighted by Gasteiger charge is 2.23. The van der Waals surface area contributed by atoms with Crippen LogP contribution in [0.3, 0.4) is 0 Å². The second-order valence-corrected chi connectivity index (χ2v) is 5.67. The summed E-state index contributed by atoms with van der Waals surface area (Å²) in [6.45, 7) is 5.96. The van der Waals surface area contributed by atoms with Gasteiger partial charge in [0.2, 0.25) is 5.91 Å². The summed E-state index contributed by atoms with van der Waals surface area (Å²) in [7, 11) is 0. The monoisotopic (exact) mass is 264 g/mol. The molecule has 0 radical (unpaired) electrons. The molecule has 0 aromatic rings. The van der Waals surface area contributed by atoms with Gasteiger partial charge in [0.05, 0.1) is 18.7 Å². The predicted octanol–water partition coefficient (Wildman–Crippen LogP) is 0.575. The van der Waals surface area contributed by atoms with Crippen LogP contribution in [-0.2, 0) is 4.79 Å². The average Bonchev–Trinajstić information content (AvgIpc) is 2.91. The number of carbonyl (C=O) groups is 1. The maximum absolute atomic E-state index is 11.9. The molecule has 0 aromatic carbocycles. The molecular weight excluding hydrogens is 240 g/mol. The summed E-state index contributed by atoms with van der Waals surface area (Å²) < 4.78 is 0.